The van der Waals surface area contributed by atoms with Gasteiger partial charge in [0.25, 0.3) is 0 Å². The highest BCUT2D eigenvalue weighted by molar-refractivity contribution is 9.09. The maximum Gasteiger partial charge on any atom is 0.0986 e. The van der Waals surface area contributed by atoms with Gasteiger partial charge in [0, 0.05) is 10.9 Å². The molecule has 1 atom stereocenters. The first-order valence-electron chi connectivity index (χ1n) is 6.85. The quantitative estimate of drug-likeness (QED) is 0.348. The van der Waals surface area contributed by atoms with E-state index in [1.807, 2.05) is 6.07 Å². The SMILES string of the molecule is CSc1cc2nc3c(c-2c2ccccc2n1)CC=CC3Br. The molecule has 2 nitrogen and oxygen atoms in total. The van der Waals surface area contributed by atoms with Crippen LogP contribution in [-0.2, 0) is 6.42 Å². The number of allylic oxidation sites excluding steroid dienone is 2. The lowest BCUT2D eigenvalue weighted by molar-refractivity contribution is 1.05. The molecule has 2 aliphatic heterocycles. The third kappa shape index (κ3) is 2.09. The second-order valence-corrected chi connectivity index (χ2v) is 6.90. The molecule has 0 radical (unpaired) electrons. The Morgan fingerprint density at radius 2 is 2.10 bits per heavy atom. The fourth-order valence-electron chi connectivity index (χ4n) is 2.93. The number of aromatic nitrogens is 2. The van der Waals surface area contributed by atoms with E-state index < -0.39 is 0 Å². The molecule has 0 amide bonds. The highest BCUT2D eigenvalue weighted by Crippen LogP contribution is 2.42. The minimum atomic E-state index is 0.211. The van der Waals surface area contributed by atoms with Crippen molar-refractivity contribution >= 4 is 38.6 Å². The van der Waals surface area contributed by atoms with Crippen molar-refractivity contribution in [3.05, 3.63) is 53.7 Å². The summed E-state index contributed by atoms with van der Waals surface area (Å²) in [7, 11) is 0. The molecule has 0 saturated heterocycles. The van der Waals surface area contributed by atoms with Gasteiger partial charge in [0.2, 0.25) is 0 Å². The highest BCUT2D eigenvalue weighted by atomic mass is 79.9. The van der Waals surface area contributed by atoms with E-state index in [1.54, 1.807) is 11.8 Å². The summed E-state index contributed by atoms with van der Waals surface area (Å²) in [5, 5.41) is 2.20. The maximum absolute atomic E-state index is 4.88. The van der Waals surface area contributed by atoms with Crippen LogP contribution >= 0.6 is 27.7 Å². The van der Waals surface area contributed by atoms with E-state index in [2.05, 4.69) is 58.6 Å². The Kier molecular flexibility index (Phi) is 3.23. The predicted molar refractivity (Wildman–Crippen MR) is 92.5 cm³/mol. The van der Waals surface area contributed by atoms with Gasteiger partial charge in [0.15, 0.2) is 0 Å². The van der Waals surface area contributed by atoms with Crippen LogP contribution in [0.25, 0.3) is 22.2 Å². The van der Waals surface area contributed by atoms with Gasteiger partial charge in [-0.25, -0.2) is 4.98 Å². The number of hydrogen-bond donors (Lipinski definition) is 0. The van der Waals surface area contributed by atoms with Gasteiger partial charge in [-0.05, 0) is 30.4 Å². The molecule has 0 N–H and O–H groups in total. The molecule has 1 unspecified atom stereocenters. The second kappa shape index (κ2) is 5.11. The fourth-order valence-corrected chi connectivity index (χ4v) is 3.94. The molecule has 1 aromatic carbocycles. The molecule has 0 saturated carbocycles. The van der Waals surface area contributed by atoms with E-state index in [4.69, 9.17) is 9.97 Å². The molecule has 0 bridgehead atoms. The van der Waals surface area contributed by atoms with Crippen LogP contribution in [0.3, 0.4) is 0 Å². The summed E-state index contributed by atoms with van der Waals surface area (Å²) in [6.07, 6.45) is 7.38. The molecule has 104 valence electrons. The number of alkyl halides is 1. The van der Waals surface area contributed by atoms with Crippen molar-refractivity contribution in [2.24, 2.45) is 0 Å². The Hall–Kier alpha value is -1.39. The minimum Gasteiger partial charge on any atom is -0.251 e. The average Bonchev–Trinajstić information content (AvgIpc) is 2.78. The standard InChI is InChI=1S/C17H13BrN2S/c1-21-15-9-14-16(10-5-2-3-8-13(10)19-15)11-6-4-7-12(18)17(11)20-14/h2-5,7-9,12H,6H2,1H3. The van der Waals surface area contributed by atoms with E-state index >= 15 is 0 Å². The topological polar surface area (TPSA) is 25.8 Å². The van der Waals surface area contributed by atoms with Gasteiger partial charge in [-0.15, -0.1) is 11.8 Å². The number of halogens is 1. The third-order valence-electron chi connectivity index (χ3n) is 3.87. The molecule has 4 rings (SSSR count). The summed E-state index contributed by atoms with van der Waals surface area (Å²) in [4.78, 5) is 9.86. The number of benzene rings is 1. The van der Waals surface area contributed by atoms with E-state index in [1.165, 1.54) is 16.5 Å². The zero-order chi connectivity index (χ0) is 14.4. The van der Waals surface area contributed by atoms with Crippen molar-refractivity contribution in [1.29, 1.82) is 0 Å². The third-order valence-corrected chi connectivity index (χ3v) is 5.24. The summed E-state index contributed by atoms with van der Waals surface area (Å²) in [6, 6.07) is 10.5. The summed E-state index contributed by atoms with van der Waals surface area (Å²) in [5.41, 5.74) is 5.81. The second-order valence-electron chi connectivity index (χ2n) is 5.09. The van der Waals surface area contributed by atoms with Crippen molar-refractivity contribution in [3.8, 4) is 11.3 Å². The Morgan fingerprint density at radius 3 is 2.95 bits per heavy atom. The van der Waals surface area contributed by atoms with Crippen LogP contribution in [0.2, 0.25) is 0 Å². The van der Waals surface area contributed by atoms with Crippen molar-refractivity contribution in [2.45, 2.75) is 16.3 Å². The maximum atomic E-state index is 4.88. The molecule has 2 heterocycles. The number of thioether (sulfide) groups is 1. The lowest BCUT2D eigenvalue weighted by atomic mass is 9.96. The number of para-hydroxylation sites is 1. The highest BCUT2D eigenvalue weighted by Gasteiger charge is 2.25. The Balaban J connectivity index is 2.16. The van der Waals surface area contributed by atoms with E-state index in [9.17, 15) is 0 Å². The van der Waals surface area contributed by atoms with Gasteiger partial charge in [0.05, 0.1) is 26.8 Å². The monoisotopic (exact) mass is 356 g/mol. The molecule has 1 aromatic rings. The van der Waals surface area contributed by atoms with Crippen molar-refractivity contribution < 1.29 is 0 Å². The smallest absolute Gasteiger partial charge is 0.0986 e. The molecular weight excluding hydrogens is 344 g/mol. The Labute approximate surface area is 136 Å². The number of hydrogen-bond acceptors (Lipinski definition) is 3. The normalized spacial score (nSPS) is 17.3. The largest absolute Gasteiger partial charge is 0.251 e. The predicted octanol–water partition coefficient (Wildman–Crippen LogP) is 5.00. The molecule has 0 fully saturated rings. The van der Waals surface area contributed by atoms with Gasteiger partial charge in [-0.3, -0.25) is 4.98 Å². The molecule has 3 aliphatic rings. The first kappa shape index (κ1) is 13.3. The molecule has 4 heteroatoms. The van der Waals surface area contributed by atoms with Crippen LogP contribution in [-0.4, -0.2) is 16.2 Å². The first-order chi connectivity index (χ1) is 10.3. The fraction of sp³-hybridized carbons (Fsp3) is 0.176. The number of fused-ring (bicyclic) bond motifs is 5. The van der Waals surface area contributed by atoms with Crippen LogP contribution in [0.1, 0.15) is 16.1 Å². The van der Waals surface area contributed by atoms with Gasteiger partial charge in [-0.2, -0.15) is 0 Å². The zero-order valence-corrected chi connectivity index (χ0v) is 13.9. The first-order valence-corrected chi connectivity index (χ1v) is 8.99. The summed E-state index contributed by atoms with van der Waals surface area (Å²) < 4.78 is 0. The van der Waals surface area contributed by atoms with Gasteiger partial charge < -0.3 is 0 Å². The summed E-state index contributed by atoms with van der Waals surface area (Å²) >= 11 is 5.37. The van der Waals surface area contributed by atoms with Gasteiger partial charge >= 0.3 is 0 Å². The van der Waals surface area contributed by atoms with E-state index in [0.717, 1.165) is 28.4 Å². The van der Waals surface area contributed by atoms with Gasteiger partial charge in [0.1, 0.15) is 0 Å². The van der Waals surface area contributed by atoms with Gasteiger partial charge in [-0.1, -0.05) is 46.3 Å². The molecular formula is C17H13BrN2S. The van der Waals surface area contributed by atoms with Crippen LogP contribution in [0, 0.1) is 0 Å². The Morgan fingerprint density at radius 1 is 1.24 bits per heavy atom. The van der Waals surface area contributed by atoms with Crippen molar-refractivity contribution in [3.63, 3.8) is 0 Å². The molecule has 0 spiro atoms. The van der Waals surface area contributed by atoms with Crippen LogP contribution in [0.15, 0.2) is 47.5 Å². The van der Waals surface area contributed by atoms with Crippen LogP contribution in [0.4, 0.5) is 0 Å². The average molecular weight is 357 g/mol. The van der Waals surface area contributed by atoms with Crippen LogP contribution < -0.4 is 0 Å². The zero-order valence-electron chi connectivity index (χ0n) is 11.5. The van der Waals surface area contributed by atoms with Crippen molar-refractivity contribution in [2.75, 3.05) is 6.26 Å². The van der Waals surface area contributed by atoms with Crippen molar-refractivity contribution in [1.82, 2.24) is 9.97 Å². The minimum absolute atomic E-state index is 0.211. The van der Waals surface area contributed by atoms with E-state index in [0.29, 0.717) is 0 Å². The lowest BCUT2D eigenvalue weighted by Gasteiger charge is -2.10. The molecule has 0 aromatic heterocycles. The lowest BCUT2D eigenvalue weighted by Crippen LogP contribution is -1.97. The van der Waals surface area contributed by atoms with E-state index in [-0.39, 0.29) is 4.83 Å². The number of rotatable bonds is 1. The molecule has 21 heavy (non-hydrogen) atoms. The summed E-state index contributed by atoms with van der Waals surface area (Å²) in [6.45, 7) is 0. The molecule has 1 aliphatic carbocycles. The Bertz CT molecular complexity index is 844. The van der Waals surface area contributed by atoms with Crippen LogP contribution in [0.5, 0.6) is 0 Å². The number of nitrogens with zero attached hydrogens (tertiary/aromatic N) is 2. The summed E-state index contributed by atoms with van der Waals surface area (Å²) in [5.74, 6) is 0.